The summed E-state index contributed by atoms with van der Waals surface area (Å²) in [6.07, 6.45) is 13.4. The average molecular weight is 310 g/mol. The molecule has 2 unspecified atom stereocenters. The van der Waals surface area contributed by atoms with Crippen LogP contribution in [0.4, 0.5) is 0 Å². The molecule has 0 aliphatic rings. The first-order valence-corrected chi connectivity index (χ1v) is 9.50. The minimum Gasteiger partial charge on any atom is -0.151 e. The minimum absolute atomic E-state index is 0.284. The van der Waals surface area contributed by atoms with Crippen molar-refractivity contribution in [2.45, 2.75) is 98.3 Å². The summed E-state index contributed by atoms with van der Waals surface area (Å²) in [7, 11) is 0. The fraction of sp³-hybridized carbons (Fsp3) is 0.900. The molecular weight excluding hydrogens is 270 g/mol. The van der Waals surface area contributed by atoms with Crippen LogP contribution in [0.1, 0.15) is 98.3 Å². The van der Waals surface area contributed by atoms with Gasteiger partial charge in [-0.05, 0) is 37.0 Å². The number of rotatable bonds is 15. The second kappa shape index (κ2) is 12.8. The van der Waals surface area contributed by atoms with Gasteiger partial charge in [-0.25, -0.2) is 0 Å². The molecule has 0 radical (unpaired) electrons. The predicted molar refractivity (Wildman–Crippen MR) is 99.2 cm³/mol. The van der Waals surface area contributed by atoms with E-state index in [0.717, 1.165) is 25.2 Å². The van der Waals surface area contributed by atoms with Crippen molar-refractivity contribution in [3.05, 3.63) is 17.1 Å². The maximum absolute atomic E-state index is 10.1. The molecule has 0 N–H and O–H groups in total. The first-order chi connectivity index (χ1) is 10.5. The van der Waals surface area contributed by atoms with Gasteiger partial charge in [-0.2, -0.15) is 4.91 Å². The molecule has 2 nitrogen and oxygen atoms in total. The highest BCUT2D eigenvalue weighted by Crippen LogP contribution is 2.43. The van der Waals surface area contributed by atoms with Gasteiger partial charge in [-0.1, -0.05) is 90.0 Å². The van der Waals surface area contributed by atoms with Gasteiger partial charge in [0, 0.05) is 0 Å². The van der Waals surface area contributed by atoms with Crippen LogP contribution in [0.5, 0.6) is 0 Å². The van der Waals surface area contributed by atoms with E-state index >= 15 is 0 Å². The van der Waals surface area contributed by atoms with Gasteiger partial charge in [-0.3, -0.25) is 0 Å². The van der Waals surface area contributed by atoms with E-state index in [2.05, 4.69) is 39.5 Å². The number of unbranched alkanes of at least 4 members (excludes halogenated alkanes) is 5. The Labute approximate surface area is 139 Å². The SMILES string of the molecule is C=C(CCC)C(C)(CCCCCCN=O)C(C)CCCCC. The van der Waals surface area contributed by atoms with Gasteiger partial charge < -0.3 is 0 Å². The van der Waals surface area contributed by atoms with Crippen molar-refractivity contribution in [1.29, 1.82) is 0 Å². The standard InChI is InChI=1S/C20H39NO/c1-6-8-11-15-19(4)20(5,18(3)14-7-2)16-12-9-10-13-17-21-22/h19H,3,6-17H2,1-2,4-5H3. The number of allylic oxidation sites excluding steroid dienone is 1. The molecule has 0 saturated heterocycles. The van der Waals surface area contributed by atoms with Crippen LogP contribution in [-0.2, 0) is 0 Å². The van der Waals surface area contributed by atoms with Crippen LogP contribution >= 0.6 is 0 Å². The normalized spacial score (nSPS) is 15.3. The molecule has 0 bridgehead atoms. The van der Waals surface area contributed by atoms with E-state index in [1.54, 1.807) is 0 Å². The fourth-order valence-electron chi connectivity index (χ4n) is 3.40. The quantitative estimate of drug-likeness (QED) is 0.177. The molecule has 0 saturated carbocycles. The van der Waals surface area contributed by atoms with Crippen LogP contribution in [0.25, 0.3) is 0 Å². The van der Waals surface area contributed by atoms with E-state index in [4.69, 9.17) is 0 Å². The highest BCUT2D eigenvalue weighted by atomic mass is 16.3. The monoisotopic (exact) mass is 309 g/mol. The van der Waals surface area contributed by atoms with Crippen LogP contribution < -0.4 is 0 Å². The van der Waals surface area contributed by atoms with Gasteiger partial charge in [0.15, 0.2) is 0 Å². The summed E-state index contributed by atoms with van der Waals surface area (Å²) in [4.78, 5) is 10.1. The van der Waals surface area contributed by atoms with Crippen LogP contribution in [0, 0.1) is 16.2 Å². The van der Waals surface area contributed by atoms with Gasteiger partial charge in [-0.15, -0.1) is 0 Å². The van der Waals surface area contributed by atoms with Crippen molar-refractivity contribution in [2.75, 3.05) is 6.54 Å². The molecule has 0 heterocycles. The average Bonchev–Trinajstić information content (AvgIpc) is 2.50. The summed E-state index contributed by atoms with van der Waals surface area (Å²) >= 11 is 0. The first kappa shape index (κ1) is 21.3. The first-order valence-electron chi connectivity index (χ1n) is 9.50. The maximum atomic E-state index is 10.1. The Morgan fingerprint density at radius 3 is 2.32 bits per heavy atom. The second-order valence-corrected chi connectivity index (χ2v) is 7.18. The molecule has 0 aromatic heterocycles. The van der Waals surface area contributed by atoms with Crippen molar-refractivity contribution in [3.63, 3.8) is 0 Å². The van der Waals surface area contributed by atoms with E-state index in [1.807, 2.05) is 0 Å². The van der Waals surface area contributed by atoms with Gasteiger partial charge >= 0.3 is 0 Å². The van der Waals surface area contributed by atoms with Crippen molar-refractivity contribution in [1.82, 2.24) is 0 Å². The van der Waals surface area contributed by atoms with Crippen LogP contribution in [0.15, 0.2) is 17.3 Å². The molecule has 0 aromatic carbocycles. The van der Waals surface area contributed by atoms with E-state index in [9.17, 15) is 4.91 Å². The van der Waals surface area contributed by atoms with Crippen LogP contribution in [0.2, 0.25) is 0 Å². The molecular formula is C20H39NO. The van der Waals surface area contributed by atoms with Gasteiger partial charge in [0.05, 0.1) is 6.54 Å². The third-order valence-electron chi connectivity index (χ3n) is 5.38. The van der Waals surface area contributed by atoms with E-state index in [0.29, 0.717) is 6.54 Å². The predicted octanol–water partition coefficient (Wildman–Crippen LogP) is 7.28. The molecule has 0 rings (SSSR count). The number of nitrogens with zero attached hydrogens (tertiary/aromatic N) is 1. The third-order valence-corrected chi connectivity index (χ3v) is 5.38. The topological polar surface area (TPSA) is 29.4 Å². The molecule has 2 heteroatoms. The molecule has 0 aliphatic carbocycles. The maximum Gasteiger partial charge on any atom is 0.0811 e. The highest BCUT2D eigenvalue weighted by molar-refractivity contribution is 5.10. The Morgan fingerprint density at radius 1 is 1.05 bits per heavy atom. The van der Waals surface area contributed by atoms with Crippen LogP contribution in [-0.4, -0.2) is 6.54 Å². The Kier molecular flexibility index (Phi) is 12.5. The number of hydrogen-bond acceptors (Lipinski definition) is 2. The molecule has 130 valence electrons. The van der Waals surface area contributed by atoms with Crippen molar-refractivity contribution < 1.29 is 0 Å². The zero-order valence-corrected chi connectivity index (χ0v) is 15.6. The Bertz CT molecular complexity index is 300. The molecule has 0 aromatic rings. The summed E-state index contributed by atoms with van der Waals surface area (Å²) in [6.45, 7) is 14.3. The lowest BCUT2D eigenvalue weighted by molar-refractivity contribution is 0.206. The molecule has 22 heavy (non-hydrogen) atoms. The zero-order chi connectivity index (χ0) is 16.8. The van der Waals surface area contributed by atoms with Gasteiger partial charge in [0.2, 0.25) is 0 Å². The molecule has 0 aliphatic heterocycles. The Balaban J connectivity index is 4.45. The molecule has 0 amide bonds. The second-order valence-electron chi connectivity index (χ2n) is 7.18. The van der Waals surface area contributed by atoms with Crippen molar-refractivity contribution >= 4 is 0 Å². The lowest BCUT2D eigenvalue weighted by Gasteiger charge is -2.38. The number of hydrogen-bond donors (Lipinski definition) is 0. The smallest absolute Gasteiger partial charge is 0.0811 e. The minimum atomic E-state index is 0.284. The van der Waals surface area contributed by atoms with E-state index < -0.39 is 0 Å². The molecule has 0 spiro atoms. The van der Waals surface area contributed by atoms with Gasteiger partial charge in [0.25, 0.3) is 0 Å². The van der Waals surface area contributed by atoms with Gasteiger partial charge in [0.1, 0.15) is 0 Å². The summed E-state index contributed by atoms with van der Waals surface area (Å²) in [5.41, 5.74) is 1.74. The summed E-state index contributed by atoms with van der Waals surface area (Å²) in [6, 6.07) is 0. The summed E-state index contributed by atoms with van der Waals surface area (Å²) < 4.78 is 0. The molecule has 2 atom stereocenters. The third kappa shape index (κ3) is 8.10. The Morgan fingerprint density at radius 2 is 1.73 bits per heavy atom. The Hall–Kier alpha value is -0.660. The van der Waals surface area contributed by atoms with Crippen LogP contribution in [0.3, 0.4) is 0 Å². The highest BCUT2D eigenvalue weighted by Gasteiger charge is 2.32. The number of nitroso groups, excluding NO2 is 1. The van der Waals surface area contributed by atoms with Crippen molar-refractivity contribution in [3.8, 4) is 0 Å². The lowest BCUT2D eigenvalue weighted by Crippen LogP contribution is -2.28. The molecule has 0 fully saturated rings. The summed E-state index contributed by atoms with van der Waals surface area (Å²) in [5.74, 6) is 0.717. The lowest BCUT2D eigenvalue weighted by atomic mass is 9.66. The van der Waals surface area contributed by atoms with Crippen molar-refractivity contribution in [2.24, 2.45) is 16.5 Å². The van der Waals surface area contributed by atoms with E-state index in [1.165, 1.54) is 56.9 Å². The zero-order valence-electron chi connectivity index (χ0n) is 15.6. The van der Waals surface area contributed by atoms with E-state index in [-0.39, 0.29) is 5.41 Å². The fourth-order valence-corrected chi connectivity index (χ4v) is 3.40. The largest absolute Gasteiger partial charge is 0.151 e. The summed E-state index contributed by atoms with van der Waals surface area (Å²) in [5, 5.41) is 2.94.